The van der Waals surface area contributed by atoms with E-state index >= 15 is 0 Å². The van der Waals surface area contributed by atoms with Gasteiger partial charge in [0.25, 0.3) is 5.89 Å². The van der Waals surface area contributed by atoms with Crippen LogP contribution in [0.5, 0.6) is 0 Å². The minimum atomic E-state index is -0.146. The summed E-state index contributed by atoms with van der Waals surface area (Å²) in [4.78, 5) is 24.8. The van der Waals surface area contributed by atoms with Crippen molar-refractivity contribution >= 4 is 11.6 Å². The molecule has 1 amide bonds. The standard InChI is InChI=1S/C19H16N6O2/c1-13-4-6-15(7-5-13)22-17(26)11-25-10-16(21-12-25)18-23-19(27-24-18)14-3-2-8-20-9-14/h2-10,12H,11H2,1H3,(H,22,26). The SMILES string of the molecule is Cc1ccc(NC(=O)Cn2cnc(-c3noc(-c4cccnc4)n3)c2)cc1. The van der Waals surface area contributed by atoms with E-state index in [2.05, 4.69) is 25.4 Å². The summed E-state index contributed by atoms with van der Waals surface area (Å²) < 4.78 is 6.92. The Bertz CT molecular complexity index is 1050. The molecule has 0 saturated heterocycles. The Labute approximate surface area is 154 Å². The zero-order valence-electron chi connectivity index (χ0n) is 14.5. The van der Waals surface area contributed by atoms with E-state index in [4.69, 9.17) is 4.52 Å². The van der Waals surface area contributed by atoms with Crippen LogP contribution in [0.4, 0.5) is 5.69 Å². The number of pyridine rings is 1. The molecule has 4 aromatic rings. The second kappa shape index (κ2) is 7.20. The van der Waals surface area contributed by atoms with Crippen LogP contribution in [-0.4, -0.2) is 30.6 Å². The summed E-state index contributed by atoms with van der Waals surface area (Å²) in [6.45, 7) is 2.13. The maximum atomic E-state index is 12.2. The number of anilines is 1. The summed E-state index contributed by atoms with van der Waals surface area (Å²) in [5.41, 5.74) is 3.15. The van der Waals surface area contributed by atoms with Gasteiger partial charge in [-0.1, -0.05) is 22.9 Å². The number of aromatic nitrogens is 5. The molecule has 27 heavy (non-hydrogen) atoms. The fourth-order valence-electron chi connectivity index (χ4n) is 2.50. The predicted molar refractivity (Wildman–Crippen MR) is 98.6 cm³/mol. The molecular formula is C19H16N6O2. The van der Waals surface area contributed by atoms with Crippen LogP contribution in [0.25, 0.3) is 23.0 Å². The van der Waals surface area contributed by atoms with E-state index in [0.29, 0.717) is 17.4 Å². The van der Waals surface area contributed by atoms with Crippen LogP contribution < -0.4 is 5.32 Å². The smallest absolute Gasteiger partial charge is 0.259 e. The van der Waals surface area contributed by atoms with Gasteiger partial charge in [0.1, 0.15) is 12.2 Å². The van der Waals surface area contributed by atoms with Crippen LogP contribution in [0, 0.1) is 6.92 Å². The van der Waals surface area contributed by atoms with E-state index in [1.807, 2.05) is 37.3 Å². The van der Waals surface area contributed by atoms with Crippen molar-refractivity contribution in [2.75, 3.05) is 5.32 Å². The molecule has 0 unspecified atom stereocenters. The molecule has 0 aliphatic carbocycles. The molecule has 8 nitrogen and oxygen atoms in total. The number of rotatable bonds is 5. The number of benzene rings is 1. The van der Waals surface area contributed by atoms with Crippen LogP contribution in [0.3, 0.4) is 0 Å². The van der Waals surface area contributed by atoms with Gasteiger partial charge in [-0.2, -0.15) is 4.98 Å². The van der Waals surface area contributed by atoms with E-state index in [9.17, 15) is 4.79 Å². The molecule has 0 saturated carbocycles. The molecular weight excluding hydrogens is 344 g/mol. The number of carbonyl (C=O) groups excluding carboxylic acids is 1. The van der Waals surface area contributed by atoms with Gasteiger partial charge in [-0.3, -0.25) is 9.78 Å². The van der Waals surface area contributed by atoms with Gasteiger partial charge >= 0.3 is 0 Å². The van der Waals surface area contributed by atoms with Crippen molar-refractivity contribution in [2.45, 2.75) is 13.5 Å². The first kappa shape index (κ1) is 16.6. The van der Waals surface area contributed by atoms with Gasteiger partial charge in [0.15, 0.2) is 0 Å². The molecule has 4 rings (SSSR count). The van der Waals surface area contributed by atoms with Gasteiger partial charge in [0.2, 0.25) is 11.7 Å². The van der Waals surface area contributed by atoms with Crippen LogP contribution >= 0.6 is 0 Å². The van der Waals surface area contributed by atoms with Crippen molar-refractivity contribution in [1.29, 1.82) is 0 Å². The highest BCUT2D eigenvalue weighted by Gasteiger charge is 2.13. The molecule has 0 atom stereocenters. The van der Waals surface area contributed by atoms with Crippen molar-refractivity contribution < 1.29 is 9.32 Å². The van der Waals surface area contributed by atoms with E-state index in [-0.39, 0.29) is 12.5 Å². The maximum Gasteiger partial charge on any atom is 0.259 e. The molecule has 0 fully saturated rings. The van der Waals surface area contributed by atoms with Crippen LogP contribution in [0.15, 0.2) is 65.8 Å². The molecule has 0 bridgehead atoms. The number of aryl methyl sites for hydroxylation is 1. The Morgan fingerprint density at radius 1 is 1.22 bits per heavy atom. The summed E-state index contributed by atoms with van der Waals surface area (Å²) >= 11 is 0. The van der Waals surface area contributed by atoms with E-state index in [0.717, 1.165) is 16.8 Å². The Kier molecular flexibility index (Phi) is 4.44. The molecule has 0 aliphatic heterocycles. The molecule has 8 heteroatoms. The Morgan fingerprint density at radius 3 is 2.85 bits per heavy atom. The fourth-order valence-corrected chi connectivity index (χ4v) is 2.50. The first-order valence-electron chi connectivity index (χ1n) is 8.30. The van der Waals surface area contributed by atoms with Crippen LogP contribution in [-0.2, 0) is 11.3 Å². The van der Waals surface area contributed by atoms with Gasteiger partial charge in [-0.05, 0) is 31.2 Å². The number of amides is 1. The Balaban J connectivity index is 1.43. The number of nitrogens with one attached hydrogen (secondary N) is 1. The molecule has 0 radical (unpaired) electrons. The lowest BCUT2D eigenvalue weighted by molar-refractivity contribution is -0.116. The van der Waals surface area contributed by atoms with Gasteiger partial charge in [-0.25, -0.2) is 4.98 Å². The lowest BCUT2D eigenvalue weighted by Gasteiger charge is -2.05. The molecule has 3 aromatic heterocycles. The van der Waals surface area contributed by atoms with Crippen molar-refractivity contribution in [3.63, 3.8) is 0 Å². The lowest BCUT2D eigenvalue weighted by Crippen LogP contribution is -2.17. The second-order valence-electron chi connectivity index (χ2n) is 6.01. The van der Waals surface area contributed by atoms with Gasteiger partial charge in [0, 0.05) is 24.3 Å². The summed E-state index contributed by atoms with van der Waals surface area (Å²) in [6, 6.07) is 11.2. The predicted octanol–water partition coefficient (Wildman–Crippen LogP) is 2.94. The van der Waals surface area contributed by atoms with E-state index < -0.39 is 0 Å². The highest BCUT2D eigenvalue weighted by Crippen LogP contribution is 2.20. The summed E-state index contributed by atoms with van der Waals surface area (Å²) in [7, 11) is 0. The first-order chi connectivity index (χ1) is 13.2. The van der Waals surface area contributed by atoms with Gasteiger partial charge in [-0.15, -0.1) is 0 Å². The highest BCUT2D eigenvalue weighted by molar-refractivity contribution is 5.90. The first-order valence-corrected chi connectivity index (χ1v) is 8.30. The average Bonchev–Trinajstić information content (AvgIpc) is 3.34. The van der Waals surface area contributed by atoms with Crippen molar-refractivity contribution in [3.8, 4) is 23.0 Å². The third kappa shape index (κ3) is 3.90. The molecule has 0 aliphatic rings. The average molecular weight is 360 g/mol. The van der Waals surface area contributed by atoms with Crippen molar-refractivity contribution in [3.05, 3.63) is 66.9 Å². The van der Waals surface area contributed by atoms with Crippen LogP contribution in [0.2, 0.25) is 0 Å². The number of hydrogen-bond acceptors (Lipinski definition) is 6. The Morgan fingerprint density at radius 2 is 2.07 bits per heavy atom. The van der Waals surface area contributed by atoms with Gasteiger partial charge in [0.05, 0.1) is 11.9 Å². The maximum absolute atomic E-state index is 12.2. The Hall–Kier alpha value is -3.81. The lowest BCUT2D eigenvalue weighted by atomic mass is 10.2. The number of imidazole rings is 1. The minimum absolute atomic E-state index is 0.133. The van der Waals surface area contributed by atoms with Crippen molar-refractivity contribution in [1.82, 2.24) is 24.7 Å². The second-order valence-corrected chi connectivity index (χ2v) is 6.01. The fraction of sp³-hybridized carbons (Fsp3) is 0.105. The third-order valence-electron chi connectivity index (χ3n) is 3.86. The van der Waals surface area contributed by atoms with E-state index in [1.165, 1.54) is 0 Å². The summed E-state index contributed by atoms with van der Waals surface area (Å²) in [5.74, 6) is 0.572. The minimum Gasteiger partial charge on any atom is -0.333 e. The zero-order valence-corrected chi connectivity index (χ0v) is 14.5. The highest BCUT2D eigenvalue weighted by atomic mass is 16.5. The van der Waals surface area contributed by atoms with E-state index in [1.54, 1.807) is 35.6 Å². The summed E-state index contributed by atoms with van der Waals surface area (Å²) in [6.07, 6.45) is 6.58. The molecule has 1 N–H and O–H groups in total. The normalized spacial score (nSPS) is 10.7. The number of nitrogens with zero attached hydrogens (tertiary/aromatic N) is 5. The number of carbonyl (C=O) groups is 1. The molecule has 0 spiro atoms. The zero-order chi connectivity index (χ0) is 18.6. The monoisotopic (exact) mass is 360 g/mol. The summed E-state index contributed by atoms with van der Waals surface area (Å²) in [5, 5.41) is 6.79. The van der Waals surface area contributed by atoms with Crippen LogP contribution in [0.1, 0.15) is 5.56 Å². The topological polar surface area (TPSA) is 98.7 Å². The number of hydrogen-bond donors (Lipinski definition) is 1. The largest absolute Gasteiger partial charge is 0.333 e. The molecule has 1 aromatic carbocycles. The van der Waals surface area contributed by atoms with Crippen molar-refractivity contribution in [2.24, 2.45) is 0 Å². The third-order valence-corrected chi connectivity index (χ3v) is 3.86. The van der Waals surface area contributed by atoms with Gasteiger partial charge < -0.3 is 14.4 Å². The molecule has 134 valence electrons. The quantitative estimate of drug-likeness (QED) is 0.587. The molecule has 3 heterocycles.